The van der Waals surface area contributed by atoms with E-state index >= 15 is 0 Å². The summed E-state index contributed by atoms with van der Waals surface area (Å²) in [6.07, 6.45) is 0. The number of rotatable bonds is 1. The summed E-state index contributed by atoms with van der Waals surface area (Å²) < 4.78 is 23.1. The van der Waals surface area contributed by atoms with E-state index in [4.69, 9.17) is 0 Å². The van der Waals surface area contributed by atoms with Crippen molar-refractivity contribution in [2.45, 2.75) is 13.8 Å². The van der Waals surface area contributed by atoms with Gasteiger partial charge in [-0.1, -0.05) is 0 Å². The second kappa shape index (κ2) is 2.72. The molecule has 0 saturated carbocycles. The second-order valence-corrected chi connectivity index (χ2v) is 1.45. The van der Waals surface area contributed by atoms with Gasteiger partial charge >= 0.3 is 0 Å². The summed E-state index contributed by atoms with van der Waals surface area (Å²) in [6.45, 7) is 1.99. The Morgan fingerprint density at radius 3 is 1.86 bits per heavy atom. The van der Waals surface area contributed by atoms with Gasteiger partial charge in [-0.2, -0.15) is 0 Å². The number of hydrogen-bond acceptors (Lipinski definition) is 0. The Morgan fingerprint density at radius 2 is 1.86 bits per heavy atom. The molecule has 0 amide bonds. The van der Waals surface area contributed by atoms with Crippen molar-refractivity contribution in [2.24, 2.45) is 0 Å². The first-order chi connectivity index (χ1) is 3.18. The fourth-order valence-corrected chi connectivity index (χ4v) is 0.0921. The zero-order valence-electron chi connectivity index (χ0n) is 4.46. The molecular weight excluding hydrogens is 98.1 g/mol. The molecule has 0 atom stereocenters. The van der Waals surface area contributed by atoms with E-state index in [-0.39, 0.29) is 5.57 Å². The van der Waals surface area contributed by atoms with Crippen LogP contribution in [0.5, 0.6) is 0 Å². The first-order valence-corrected chi connectivity index (χ1v) is 2.06. The molecule has 0 spiro atoms. The minimum Gasteiger partial charge on any atom is -0.246 e. The molecule has 0 N–H and O–H groups in total. The molecule has 0 rings (SSSR count). The van der Waals surface area contributed by atoms with E-state index in [1.54, 1.807) is 0 Å². The average Bonchev–Trinajstić information content (AvgIpc) is 1.65. The van der Waals surface area contributed by atoms with Gasteiger partial charge in [0.2, 0.25) is 0 Å². The topological polar surface area (TPSA) is 0 Å². The van der Waals surface area contributed by atoms with Crippen LogP contribution in [-0.4, -0.2) is 6.67 Å². The third-order valence-corrected chi connectivity index (χ3v) is 0.789. The van der Waals surface area contributed by atoms with E-state index in [9.17, 15) is 8.78 Å². The summed E-state index contributed by atoms with van der Waals surface area (Å²) in [7, 11) is 0. The van der Waals surface area contributed by atoms with Crippen LogP contribution in [0.25, 0.3) is 0 Å². The minimum absolute atomic E-state index is 0.181. The molecule has 0 aromatic heterocycles. The summed E-state index contributed by atoms with van der Waals surface area (Å²) in [5.41, 5.74) is 0.181. The number of alkyl halides is 1. The zero-order valence-corrected chi connectivity index (χ0v) is 4.46. The zero-order chi connectivity index (χ0) is 5.86. The highest BCUT2D eigenvalue weighted by atomic mass is 19.1. The third kappa shape index (κ3) is 2.31. The normalized spacial score (nSPS) is 13.7. The van der Waals surface area contributed by atoms with Gasteiger partial charge in [-0.3, -0.25) is 0 Å². The van der Waals surface area contributed by atoms with Crippen molar-refractivity contribution in [1.82, 2.24) is 0 Å². The van der Waals surface area contributed by atoms with Crippen molar-refractivity contribution >= 4 is 0 Å². The molecular formula is C5H8F2. The van der Waals surface area contributed by atoms with Crippen molar-refractivity contribution < 1.29 is 8.78 Å². The van der Waals surface area contributed by atoms with Crippen molar-refractivity contribution in [2.75, 3.05) is 6.67 Å². The largest absolute Gasteiger partial charge is 0.246 e. The van der Waals surface area contributed by atoms with E-state index in [0.717, 1.165) is 0 Å². The summed E-state index contributed by atoms with van der Waals surface area (Å²) >= 11 is 0. The van der Waals surface area contributed by atoms with Crippen LogP contribution in [0, 0.1) is 0 Å². The molecule has 0 unspecified atom stereocenters. The van der Waals surface area contributed by atoms with E-state index in [0.29, 0.717) is 0 Å². The van der Waals surface area contributed by atoms with Gasteiger partial charge in [0.25, 0.3) is 0 Å². The molecule has 0 bridgehead atoms. The van der Waals surface area contributed by atoms with Crippen LogP contribution in [0.15, 0.2) is 11.4 Å². The Labute approximate surface area is 41.8 Å². The van der Waals surface area contributed by atoms with Gasteiger partial charge in [-0.15, -0.1) is 0 Å². The molecule has 7 heavy (non-hydrogen) atoms. The summed E-state index contributed by atoms with van der Waals surface area (Å²) in [4.78, 5) is 0. The van der Waals surface area contributed by atoms with Crippen LogP contribution in [-0.2, 0) is 0 Å². The highest BCUT2D eigenvalue weighted by Crippen LogP contribution is 2.02. The van der Waals surface area contributed by atoms with Crippen LogP contribution < -0.4 is 0 Å². The lowest BCUT2D eigenvalue weighted by molar-refractivity contribution is 0.519. The van der Waals surface area contributed by atoms with Crippen LogP contribution >= 0.6 is 0 Å². The molecule has 0 aliphatic carbocycles. The molecule has 2 heteroatoms. The predicted octanol–water partition coefficient (Wildman–Crippen LogP) is 2.22. The number of halogens is 2. The van der Waals surface area contributed by atoms with Gasteiger partial charge in [0.05, 0.1) is 5.83 Å². The highest BCUT2D eigenvalue weighted by Gasteiger charge is 1.90. The lowest BCUT2D eigenvalue weighted by atomic mass is 10.3. The molecule has 0 heterocycles. The van der Waals surface area contributed by atoms with Crippen molar-refractivity contribution in [3.63, 3.8) is 0 Å². The SMILES string of the molecule is C/C(F)=C(/C)CF. The average molecular weight is 106 g/mol. The quantitative estimate of drug-likeness (QED) is 0.480. The molecule has 0 saturated heterocycles. The van der Waals surface area contributed by atoms with Crippen molar-refractivity contribution in [1.29, 1.82) is 0 Å². The molecule has 0 fully saturated rings. The van der Waals surface area contributed by atoms with Crippen LogP contribution in [0.4, 0.5) is 8.78 Å². The van der Waals surface area contributed by atoms with Gasteiger partial charge < -0.3 is 0 Å². The van der Waals surface area contributed by atoms with E-state index in [2.05, 4.69) is 0 Å². The maximum absolute atomic E-state index is 11.7. The molecule has 0 aliphatic rings. The van der Waals surface area contributed by atoms with Gasteiger partial charge in [0.1, 0.15) is 6.67 Å². The van der Waals surface area contributed by atoms with Gasteiger partial charge in [0.15, 0.2) is 0 Å². The van der Waals surface area contributed by atoms with E-state index in [1.807, 2.05) is 0 Å². The van der Waals surface area contributed by atoms with Crippen LogP contribution in [0.3, 0.4) is 0 Å². The second-order valence-electron chi connectivity index (χ2n) is 1.45. The minimum atomic E-state index is -0.678. The molecule has 0 nitrogen and oxygen atoms in total. The fraction of sp³-hybridized carbons (Fsp3) is 0.600. The smallest absolute Gasteiger partial charge is 0.113 e. The lowest BCUT2D eigenvalue weighted by Gasteiger charge is -1.88. The standard InChI is InChI=1S/C5H8F2/c1-4(3-6)5(2)7/h3H2,1-2H3/b5-4+. The summed E-state index contributed by atoms with van der Waals surface area (Å²) in [5, 5.41) is 0. The molecule has 0 aromatic rings. The molecule has 0 aliphatic heterocycles. The van der Waals surface area contributed by atoms with Crippen molar-refractivity contribution in [3.05, 3.63) is 11.4 Å². The van der Waals surface area contributed by atoms with E-state index < -0.39 is 12.5 Å². The fourth-order valence-electron chi connectivity index (χ4n) is 0.0921. The van der Waals surface area contributed by atoms with Crippen molar-refractivity contribution in [3.8, 4) is 0 Å². The molecule has 42 valence electrons. The predicted molar refractivity (Wildman–Crippen MR) is 25.5 cm³/mol. The highest BCUT2D eigenvalue weighted by molar-refractivity contribution is 5.01. The Bertz CT molecular complexity index is 80.1. The third-order valence-electron chi connectivity index (χ3n) is 0.789. The number of allylic oxidation sites excluding steroid dienone is 2. The molecule has 0 radical (unpaired) electrons. The van der Waals surface area contributed by atoms with Gasteiger partial charge in [-0.05, 0) is 19.4 Å². The number of hydrogen-bond donors (Lipinski definition) is 0. The maximum atomic E-state index is 11.7. The Kier molecular flexibility index (Phi) is 2.56. The van der Waals surface area contributed by atoms with Gasteiger partial charge in [0, 0.05) is 0 Å². The van der Waals surface area contributed by atoms with Crippen LogP contribution in [0.1, 0.15) is 13.8 Å². The Hall–Kier alpha value is -0.400. The first-order valence-electron chi connectivity index (χ1n) is 2.06. The molecule has 0 aromatic carbocycles. The Morgan fingerprint density at radius 1 is 1.43 bits per heavy atom. The maximum Gasteiger partial charge on any atom is 0.113 e. The monoisotopic (exact) mass is 106 g/mol. The summed E-state index contributed by atoms with van der Waals surface area (Å²) in [5.74, 6) is -0.414. The van der Waals surface area contributed by atoms with E-state index in [1.165, 1.54) is 13.8 Å². The Balaban J connectivity index is 3.72. The first kappa shape index (κ1) is 6.60. The lowest BCUT2D eigenvalue weighted by Crippen LogP contribution is -1.78. The van der Waals surface area contributed by atoms with Crippen LogP contribution in [0.2, 0.25) is 0 Å². The summed E-state index contributed by atoms with van der Waals surface area (Å²) in [6, 6.07) is 0. The van der Waals surface area contributed by atoms with Gasteiger partial charge in [-0.25, -0.2) is 8.78 Å².